The zero-order valence-electron chi connectivity index (χ0n) is 11.4. The maximum absolute atomic E-state index is 11.8. The van der Waals surface area contributed by atoms with Crippen LogP contribution in [-0.2, 0) is 13.0 Å². The summed E-state index contributed by atoms with van der Waals surface area (Å²) >= 11 is 1.58. The lowest BCUT2D eigenvalue weighted by atomic mass is 10.2. The summed E-state index contributed by atoms with van der Waals surface area (Å²) in [5.74, 6) is -1.18. The Hall–Kier alpha value is -2.41. The molecule has 0 aliphatic rings. The number of aromatic carboxylic acids is 1. The van der Waals surface area contributed by atoms with Crippen LogP contribution < -0.4 is 10.6 Å². The molecular weight excluding hydrogens is 290 g/mol. The fraction of sp³-hybridized carbons (Fsp3) is 0.214. The van der Waals surface area contributed by atoms with Gasteiger partial charge in [0, 0.05) is 11.1 Å². The Morgan fingerprint density at radius 1 is 1.38 bits per heavy atom. The fourth-order valence-electron chi connectivity index (χ4n) is 1.84. The topological polar surface area (TPSA) is 91.3 Å². The summed E-state index contributed by atoms with van der Waals surface area (Å²) in [4.78, 5) is 27.7. The number of nitrogens with zero attached hydrogens (tertiary/aromatic N) is 1. The van der Waals surface area contributed by atoms with E-state index >= 15 is 0 Å². The SMILES string of the molecule is CCc1ccsc1CNC(=O)Nc1cccnc1C(=O)O. The number of aromatic nitrogens is 1. The van der Waals surface area contributed by atoms with Crippen molar-refractivity contribution in [1.82, 2.24) is 10.3 Å². The molecule has 0 unspecified atom stereocenters. The number of carbonyl (C=O) groups excluding carboxylic acids is 1. The Bertz CT molecular complexity index is 654. The molecule has 0 aliphatic heterocycles. The van der Waals surface area contributed by atoms with Gasteiger partial charge in [0.15, 0.2) is 5.69 Å². The molecule has 2 aromatic heterocycles. The number of amides is 2. The Morgan fingerprint density at radius 2 is 2.19 bits per heavy atom. The molecule has 0 fully saturated rings. The summed E-state index contributed by atoms with van der Waals surface area (Å²) in [5, 5.41) is 16.2. The van der Waals surface area contributed by atoms with Crippen molar-refractivity contribution in [2.45, 2.75) is 19.9 Å². The van der Waals surface area contributed by atoms with Crippen LogP contribution in [0.1, 0.15) is 27.9 Å². The maximum atomic E-state index is 11.8. The van der Waals surface area contributed by atoms with Gasteiger partial charge in [-0.3, -0.25) is 0 Å². The Morgan fingerprint density at radius 3 is 2.90 bits per heavy atom. The second-order valence-electron chi connectivity index (χ2n) is 4.23. The predicted molar refractivity (Wildman–Crippen MR) is 80.8 cm³/mol. The number of urea groups is 1. The van der Waals surface area contributed by atoms with Gasteiger partial charge in [-0.05, 0) is 35.6 Å². The van der Waals surface area contributed by atoms with Crippen LogP contribution in [0.3, 0.4) is 0 Å². The molecule has 2 aromatic rings. The first-order chi connectivity index (χ1) is 10.1. The van der Waals surface area contributed by atoms with E-state index in [1.165, 1.54) is 17.8 Å². The van der Waals surface area contributed by atoms with Crippen molar-refractivity contribution in [2.75, 3.05) is 5.32 Å². The molecule has 0 spiro atoms. The van der Waals surface area contributed by atoms with Crippen molar-refractivity contribution >= 4 is 29.0 Å². The number of nitrogens with one attached hydrogen (secondary N) is 2. The van der Waals surface area contributed by atoms with Gasteiger partial charge < -0.3 is 15.7 Å². The second-order valence-corrected chi connectivity index (χ2v) is 5.24. The quantitative estimate of drug-likeness (QED) is 0.792. The minimum atomic E-state index is -1.18. The number of carbonyl (C=O) groups is 2. The van der Waals surface area contributed by atoms with E-state index < -0.39 is 12.0 Å². The molecule has 0 radical (unpaired) electrons. The molecule has 0 saturated heterocycles. The lowest BCUT2D eigenvalue weighted by Gasteiger charge is -2.09. The molecule has 0 aliphatic carbocycles. The van der Waals surface area contributed by atoms with Gasteiger partial charge in [-0.1, -0.05) is 6.92 Å². The van der Waals surface area contributed by atoms with E-state index in [9.17, 15) is 9.59 Å². The highest BCUT2D eigenvalue weighted by Crippen LogP contribution is 2.17. The predicted octanol–water partition coefficient (Wildman–Crippen LogP) is 2.73. The van der Waals surface area contributed by atoms with E-state index in [-0.39, 0.29) is 11.4 Å². The summed E-state index contributed by atoms with van der Waals surface area (Å²) in [6.45, 7) is 2.47. The van der Waals surface area contributed by atoms with Crippen molar-refractivity contribution in [3.8, 4) is 0 Å². The van der Waals surface area contributed by atoms with Crippen molar-refractivity contribution in [3.05, 3.63) is 45.9 Å². The lowest BCUT2D eigenvalue weighted by Crippen LogP contribution is -2.29. The Balaban J connectivity index is 1.98. The average molecular weight is 305 g/mol. The minimum Gasteiger partial charge on any atom is -0.476 e. The van der Waals surface area contributed by atoms with Crippen LogP contribution in [0.2, 0.25) is 0 Å². The van der Waals surface area contributed by atoms with Crippen LogP contribution >= 0.6 is 11.3 Å². The number of aryl methyl sites for hydroxylation is 1. The number of pyridine rings is 1. The van der Waals surface area contributed by atoms with Gasteiger partial charge in [-0.15, -0.1) is 11.3 Å². The fourth-order valence-corrected chi connectivity index (χ4v) is 2.76. The third-order valence-electron chi connectivity index (χ3n) is 2.89. The Kier molecular flexibility index (Phi) is 4.89. The molecule has 21 heavy (non-hydrogen) atoms. The monoisotopic (exact) mass is 305 g/mol. The van der Waals surface area contributed by atoms with E-state index in [0.29, 0.717) is 6.54 Å². The van der Waals surface area contributed by atoms with Gasteiger partial charge in [0.2, 0.25) is 0 Å². The van der Waals surface area contributed by atoms with Crippen LogP contribution in [-0.4, -0.2) is 22.1 Å². The summed E-state index contributed by atoms with van der Waals surface area (Å²) in [6.07, 6.45) is 2.28. The van der Waals surface area contributed by atoms with Crippen molar-refractivity contribution in [2.24, 2.45) is 0 Å². The van der Waals surface area contributed by atoms with Crippen LogP contribution in [0.25, 0.3) is 0 Å². The van der Waals surface area contributed by atoms with E-state index in [4.69, 9.17) is 5.11 Å². The molecule has 0 saturated carbocycles. The largest absolute Gasteiger partial charge is 0.476 e. The van der Waals surface area contributed by atoms with Gasteiger partial charge in [0.1, 0.15) is 0 Å². The lowest BCUT2D eigenvalue weighted by molar-refractivity contribution is 0.0691. The number of hydrogen-bond donors (Lipinski definition) is 3. The van der Waals surface area contributed by atoms with Gasteiger partial charge in [-0.25, -0.2) is 14.6 Å². The molecule has 0 atom stereocenters. The van der Waals surface area contributed by atoms with Crippen LogP contribution in [0.15, 0.2) is 29.8 Å². The minimum absolute atomic E-state index is 0.171. The standard InChI is InChI=1S/C14H15N3O3S/c1-2-9-5-7-21-11(9)8-16-14(20)17-10-4-3-6-15-12(10)13(18)19/h3-7H,2,8H2,1H3,(H,18,19)(H2,16,17,20). The highest BCUT2D eigenvalue weighted by molar-refractivity contribution is 7.10. The average Bonchev–Trinajstić information content (AvgIpc) is 2.93. The highest BCUT2D eigenvalue weighted by atomic mass is 32.1. The summed E-state index contributed by atoms with van der Waals surface area (Å²) < 4.78 is 0. The first-order valence-electron chi connectivity index (χ1n) is 6.40. The van der Waals surface area contributed by atoms with Gasteiger partial charge in [0.25, 0.3) is 0 Å². The van der Waals surface area contributed by atoms with E-state index in [2.05, 4.69) is 22.5 Å². The van der Waals surface area contributed by atoms with Crippen molar-refractivity contribution in [1.29, 1.82) is 0 Å². The molecule has 0 aromatic carbocycles. The smallest absolute Gasteiger partial charge is 0.356 e. The maximum Gasteiger partial charge on any atom is 0.356 e. The number of carboxylic acid groups (broad SMARTS) is 1. The molecule has 6 nitrogen and oxygen atoms in total. The summed E-state index contributed by atoms with van der Waals surface area (Å²) in [5.41, 5.74) is 1.19. The van der Waals surface area contributed by atoms with Gasteiger partial charge in [0.05, 0.1) is 12.2 Å². The molecule has 3 N–H and O–H groups in total. The van der Waals surface area contributed by atoms with Crippen LogP contribution in [0.5, 0.6) is 0 Å². The third kappa shape index (κ3) is 3.79. The summed E-state index contributed by atoms with van der Waals surface area (Å²) in [7, 11) is 0. The van der Waals surface area contributed by atoms with Crippen molar-refractivity contribution < 1.29 is 14.7 Å². The third-order valence-corrected chi connectivity index (χ3v) is 3.85. The molecule has 2 amide bonds. The van der Waals surface area contributed by atoms with E-state index in [0.717, 1.165) is 11.3 Å². The van der Waals surface area contributed by atoms with Crippen LogP contribution in [0, 0.1) is 0 Å². The first kappa shape index (κ1) is 15.0. The number of hydrogen-bond acceptors (Lipinski definition) is 4. The molecule has 2 rings (SSSR count). The number of carboxylic acids is 1. The first-order valence-corrected chi connectivity index (χ1v) is 7.28. The van der Waals surface area contributed by atoms with Gasteiger partial charge in [-0.2, -0.15) is 0 Å². The molecule has 2 heterocycles. The zero-order chi connectivity index (χ0) is 15.2. The number of rotatable bonds is 5. The van der Waals surface area contributed by atoms with E-state index in [1.54, 1.807) is 17.4 Å². The highest BCUT2D eigenvalue weighted by Gasteiger charge is 2.13. The molecular formula is C14H15N3O3S. The molecule has 110 valence electrons. The molecule has 0 bridgehead atoms. The van der Waals surface area contributed by atoms with Crippen molar-refractivity contribution in [3.63, 3.8) is 0 Å². The normalized spacial score (nSPS) is 10.1. The number of anilines is 1. The zero-order valence-corrected chi connectivity index (χ0v) is 12.2. The molecule has 7 heteroatoms. The van der Waals surface area contributed by atoms with E-state index in [1.807, 2.05) is 11.4 Å². The Labute approximate surface area is 125 Å². The second kappa shape index (κ2) is 6.85. The number of thiophene rings is 1. The van der Waals surface area contributed by atoms with Crippen LogP contribution in [0.4, 0.5) is 10.5 Å². The van der Waals surface area contributed by atoms with Gasteiger partial charge >= 0.3 is 12.0 Å². The summed E-state index contributed by atoms with van der Waals surface area (Å²) in [6, 6.07) is 4.64.